The molecule has 7 atom stereocenters. The number of hydrogen-bond donors (Lipinski definition) is 0. The lowest BCUT2D eigenvalue weighted by molar-refractivity contribution is -0.171. The van der Waals surface area contributed by atoms with Crippen LogP contribution in [0, 0.1) is 51.4 Å². The summed E-state index contributed by atoms with van der Waals surface area (Å²) in [6.07, 6.45) is 10.6. The molecule has 6 rings (SSSR count). The minimum absolute atomic E-state index is 0.0549. The molecule has 0 unspecified atom stereocenters. The molecule has 5 aliphatic carbocycles. The average molecular weight is 546 g/mol. The van der Waals surface area contributed by atoms with Crippen molar-refractivity contribution < 1.29 is 14.4 Å². The van der Waals surface area contributed by atoms with Crippen molar-refractivity contribution in [2.24, 2.45) is 44.8 Å². The van der Waals surface area contributed by atoms with Crippen LogP contribution in [0.1, 0.15) is 93.4 Å². The zero-order chi connectivity index (χ0) is 29.3. The smallest absolute Gasteiger partial charge is 0.320 e. The number of carbonyl (C=O) groups is 3. The van der Waals surface area contributed by atoms with E-state index < -0.39 is 10.8 Å². The van der Waals surface area contributed by atoms with Crippen molar-refractivity contribution in [2.75, 3.05) is 20.1 Å². The Labute approximate surface area is 240 Å². The molecule has 4 fully saturated rings. The largest absolute Gasteiger partial charge is 0.326 e. The maximum atomic E-state index is 14.7. The van der Waals surface area contributed by atoms with Gasteiger partial charge in [0.05, 0.1) is 6.57 Å². The van der Waals surface area contributed by atoms with Crippen LogP contribution in [0.4, 0.5) is 4.79 Å². The van der Waals surface area contributed by atoms with Crippen LogP contribution in [0.5, 0.6) is 0 Å². The molecular formula is C34H47N3O3. The average Bonchev–Trinajstić information content (AvgIpc) is 3.21. The molecule has 40 heavy (non-hydrogen) atoms. The van der Waals surface area contributed by atoms with Gasteiger partial charge in [0.25, 0.3) is 0 Å². The van der Waals surface area contributed by atoms with Crippen molar-refractivity contribution in [1.29, 1.82) is 0 Å². The Hall–Kier alpha value is -2.42. The zero-order valence-electron chi connectivity index (χ0n) is 25.8. The number of nitrogens with zero attached hydrogens (tertiary/aromatic N) is 3. The molecule has 0 aromatic rings. The van der Waals surface area contributed by atoms with Gasteiger partial charge in [0, 0.05) is 42.4 Å². The molecule has 6 nitrogen and oxygen atoms in total. The first kappa shape index (κ1) is 27.7. The Morgan fingerprint density at radius 2 is 1.60 bits per heavy atom. The van der Waals surface area contributed by atoms with Crippen molar-refractivity contribution >= 4 is 17.6 Å². The van der Waals surface area contributed by atoms with Gasteiger partial charge < -0.3 is 14.6 Å². The third-order valence-electron chi connectivity index (χ3n) is 13.5. The SMILES string of the molecule is [C-]#[N+]C1=C[C@]2(C)C3=CC(=O)[C@@H]4[C@@H]5CC(C)(C)CC[C@]5(N5CCN(C)C5=O)CC[C@@]4(C)[C@]3(C)CC[C@H]2C(C)(C)C1=O. The molecule has 0 spiro atoms. The van der Waals surface area contributed by atoms with Crippen LogP contribution in [-0.4, -0.2) is 53.1 Å². The van der Waals surface area contributed by atoms with Gasteiger partial charge in [-0.05, 0) is 79.1 Å². The lowest BCUT2D eigenvalue weighted by Crippen LogP contribution is -2.70. The second kappa shape index (κ2) is 8.11. The number of hydrogen-bond acceptors (Lipinski definition) is 3. The van der Waals surface area contributed by atoms with Crippen molar-refractivity contribution in [1.82, 2.24) is 9.80 Å². The van der Waals surface area contributed by atoms with E-state index in [1.807, 2.05) is 37.9 Å². The van der Waals surface area contributed by atoms with Gasteiger partial charge in [-0.25, -0.2) is 9.64 Å². The number of rotatable bonds is 1. The highest BCUT2D eigenvalue weighted by Gasteiger charge is 2.71. The van der Waals surface area contributed by atoms with Crippen molar-refractivity contribution in [2.45, 2.75) is 99.0 Å². The minimum atomic E-state index is -0.649. The van der Waals surface area contributed by atoms with Gasteiger partial charge in [0.2, 0.25) is 5.70 Å². The zero-order valence-corrected chi connectivity index (χ0v) is 25.8. The van der Waals surface area contributed by atoms with Gasteiger partial charge in [-0.1, -0.05) is 60.1 Å². The molecular weight excluding hydrogens is 498 g/mol. The number of Topliss-reactive ketones (excluding diaryl/α,β-unsaturated/α-hetero) is 1. The maximum Gasteiger partial charge on any atom is 0.320 e. The number of allylic oxidation sites excluding steroid dienone is 4. The van der Waals surface area contributed by atoms with Gasteiger partial charge >= 0.3 is 6.03 Å². The summed E-state index contributed by atoms with van der Waals surface area (Å²) >= 11 is 0. The fourth-order valence-corrected chi connectivity index (χ4v) is 11.1. The predicted octanol–water partition coefficient (Wildman–Crippen LogP) is 6.68. The summed E-state index contributed by atoms with van der Waals surface area (Å²) in [6.45, 7) is 24.9. The highest BCUT2D eigenvalue weighted by atomic mass is 16.2. The van der Waals surface area contributed by atoms with Gasteiger partial charge in [-0.3, -0.25) is 4.79 Å². The molecule has 0 bridgehead atoms. The van der Waals surface area contributed by atoms with Gasteiger partial charge in [0.1, 0.15) is 0 Å². The molecule has 1 saturated heterocycles. The fourth-order valence-electron chi connectivity index (χ4n) is 11.1. The molecule has 2 amide bonds. The molecule has 0 radical (unpaired) electrons. The van der Waals surface area contributed by atoms with Gasteiger partial charge in [-0.2, -0.15) is 0 Å². The lowest BCUT2D eigenvalue weighted by Gasteiger charge is -2.70. The number of fused-ring (bicyclic) bond motifs is 7. The highest BCUT2D eigenvalue weighted by molar-refractivity contribution is 6.03. The third kappa shape index (κ3) is 3.18. The van der Waals surface area contributed by atoms with Crippen LogP contribution >= 0.6 is 0 Å². The van der Waals surface area contributed by atoms with Gasteiger partial charge in [-0.15, -0.1) is 0 Å². The predicted molar refractivity (Wildman–Crippen MR) is 155 cm³/mol. The Morgan fingerprint density at radius 1 is 0.925 bits per heavy atom. The normalized spacial score (nSPS) is 45.5. The van der Waals surface area contributed by atoms with E-state index in [1.54, 1.807) is 0 Å². The number of amides is 2. The summed E-state index contributed by atoms with van der Waals surface area (Å²) in [5, 5.41) is 0. The molecule has 1 heterocycles. The molecule has 6 heteroatoms. The number of likely N-dealkylation sites (N-methyl/N-ethyl adjacent to an activating group) is 1. The second-order valence-electron chi connectivity index (χ2n) is 16.2. The summed E-state index contributed by atoms with van der Waals surface area (Å²) in [4.78, 5) is 49.1. The Kier molecular flexibility index (Phi) is 5.62. The molecule has 216 valence electrons. The van der Waals surface area contributed by atoms with Crippen molar-refractivity contribution in [3.63, 3.8) is 0 Å². The lowest BCUT2D eigenvalue weighted by atomic mass is 9.35. The van der Waals surface area contributed by atoms with E-state index >= 15 is 0 Å². The van der Waals surface area contributed by atoms with E-state index in [-0.39, 0.29) is 62.8 Å². The second-order valence-corrected chi connectivity index (χ2v) is 16.2. The number of carbonyl (C=O) groups excluding carboxylic acids is 3. The first-order valence-electron chi connectivity index (χ1n) is 15.4. The Balaban J connectivity index is 1.52. The van der Waals surface area contributed by atoms with Crippen LogP contribution in [0.3, 0.4) is 0 Å². The summed E-state index contributed by atoms with van der Waals surface area (Å²) in [6, 6.07) is 0.123. The quantitative estimate of drug-likeness (QED) is 0.345. The summed E-state index contributed by atoms with van der Waals surface area (Å²) in [7, 11) is 1.90. The maximum absolute atomic E-state index is 14.7. The fraction of sp³-hybridized carbons (Fsp3) is 0.765. The van der Waals surface area contributed by atoms with Crippen molar-refractivity contribution in [3.05, 3.63) is 34.8 Å². The van der Waals surface area contributed by atoms with E-state index in [9.17, 15) is 14.4 Å². The summed E-state index contributed by atoms with van der Waals surface area (Å²) in [5.74, 6) is 0.177. The first-order chi connectivity index (χ1) is 18.5. The highest BCUT2D eigenvalue weighted by Crippen LogP contribution is 2.74. The van der Waals surface area contributed by atoms with E-state index in [2.05, 4.69) is 44.4 Å². The summed E-state index contributed by atoms with van der Waals surface area (Å²) in [5.41, 5.74) is -0.422. The molecule has 0 aromatic carbocycles. The topological polar surface area (TPSA) is 62.1 Å². The molecule has 0 N–H and O–H groups in total. The van der Waals surface area contributed by atoms with Crippen LogP contribution < -0.4 is 0 Å². The van der Waals surface area contributed by atoms with E-state index in [4.69, 9.17) is 6.57 Å². The Morgan fingerprint density at radius 3 is 2.23 bits per heavy atom. The van der Waals surface area contributed by atoms with E-state index in [0.717, 1.165) is 63.6 Å². The van der Waals surface area contributed by atoms with Crippen LogP contribution in [0.2, 0.25) is 0 Å². The van der Waals surface area contributed by atoms with Gasteiger partial charge in [0.15, 0.2) is 11.6 Å². The van der Waals surface area contributed by atoms with Crippen LogP contribution in [0.25, 0.3) is 4.85 Å². The number of ketones is 2. The summed E-state index contributed by atoms with van der Waals surface area (Å²) < 4.78 is 0. The monoisotopic (exact) mass is 545 g/mol. The first-order valence-corrected chi connectivity index (χ1v) is 15.4. The third-order valence-corrected chi connectivity index (χ3v) is 13.5. The molecule has 3 saturated carbocycles. The van der Waals surface area contributed by atoms with E-state index in [0.29, 0.717) is 0 Å². The number of urea groups is 1. The van der Waals surface area contributed by atoms with Crippen molar-refractivity contribution in [3.8, 4) is 0 Å². The molecule has 6 aliphatic rings. The van der Waals surface area contributed by atoms with Crippen LogP contribution in [-0.2, 0) is 9.59 Å². The van der Waals surface area contributed by atoms with E-state index in [1.165, 1.54) is 0 Å². The molecule has 0 aromatic heterocycles. The molecule has 1 aliphatic heterocycles. The minimum Gasteiger partial charge on any atom is -0.326 e. The standard InChI is InChI=1S/C34H47N3O3/c1-29(2)12-14-34(37-17-16-36(9)28(37)40)15-13-33(7)26(21(34)19-29)23(38)18-25-31(5)20-22(35-8)27(39)30(3,4)24(31)10-11-32(25,33)6/h18,20-21,24,26H,10-17,19H2,1-7,9H3/t21-,24-,26-,31-,32+,33+,34-/m0/s1. The van der Waals surface area contributed by atoms with Crippen LogP contribution in [0.15, 0.2) is 23.4 Å². The Bertz CT molecular complexity index is 1320.